The molecule has 0 aromatic rings. The van der Waals surface area contributed by atoms with Crippen LogP contribution >= 0.6 is 24.4 Å². The Morgan fingerprint density at radius 2 is 2.00 bits per heavy atom. The monoisotopic (exact) mass is 229 g/mol. The minimum atomic E-state index is 0.241. The van der Waals surface area contributed by atoms with Crippen molar-refractivity contribution in [3.05, 3.63) is 0 Å². The smallest absolute Gasteiger partial charge is 0.172 e. The van der Waals surface area contributed by atoms with Crippen LogP contribution in [0.5, 0.6) is 0 Å². The SMILES string of the molecule is NC(=S)NC(=S)NC1CC2CCC1C2. The molecular formula is C9H15N3S2. The highest BCUT2D eigenvalue weighted by molar-refractivity contribution is 7.81. The van der Waals surface area contributed by atoms with Gasteiger partial charge in [0.05, 0.1) is 0 Å². The lowest BCUT2D eigenvalue weighted by molar-refractivity contribution is 0.390. The fourth-order valence-electron chi connectivity index (χ4n) is 2.74. The van der Waals surface area contributed by atoms with Gasteiger partial charge in [0, 0.05) is 6.04 Å². The summed E-state index contributed by atoms with van der Waals surface area (Å²) in [6.45, 7) is 0. The van der Waals surface area contributed by atoms with Gasteiger partial charge in [0.25, 0.3) is 0 Å². The van der Waals surface area contributed by atoms with Gasteiger partial charge in [0.2, 0.25) is 0 Å². The quantitative estimate of drug-likeness (QED) is 0.583. The summed E-state index contributed by atoms with van der Waals surface area (Å²) in [7, 11) is 0. The first-order valence-corrected chi connectivity index (χ1v) is 5.83. The molecule has 14 heavy (non-hydrogen) atoms. The zero-order valence-electron chi connectivity index (χ0n) is 7.95. The Kier molecular flexibility index (Phi) is 2.88. The van der Waals surface area contributed by atoms with Crippen molar-refractivity contribution in [3.63, 3.8) is 0 Å². The molecule has 0 amide bonds. The van der Waals surface area contributed by atoms with Crippen LogP contribution in [0, 0.1) is 11.8 Å². The molecule has 0 aromatic heterocycles. The van der Waals surface area contributed by atoms with Gasteiger partial charge in [-0.25, -0.2) is 0 Å². The van der Waals surface area contributed by atoms with Crippen molar-refractivity contribution in [1.29, 1.82) is 0 Å². The minimum Gasteiger partial charge on any atom is -0.376 e. The lowest BCUT2D eigenvalue weighted by Crippen LogP contribution is -2.47. The molecule has 0 heterocycles. The average Bonchev–Trinajstić information content (AvgIpc) is 2.62. The highest BCUT2D eigenvalue weighted by atomic mass is 32.1. The number of nitrogens with two attached hydrogens (primary N) is 1. The summed E-state index contributed by atoms with van der Waals surface area (Å²) in [4.78, 5) is 0. The summed E-state index contributed by atoms with van der Waals surface area (Å²) in [6.07, 6.45) is 5.37. The first-order valence-electron chi connectivity index (χ1n) is 5.02. The maximum atomic E-state index is 5.34. The molecule has 0 aromatic carbocycles. The first kappa shape index (κ1) is 10.1. The van der Waals surface area contributed by atoms with Crippen molar-refractivity contribution >= 4 is 34.7 Å². The number of rotatable bonds is 1. The molecule has 0 radical (unpaired) electrons. The second-order valence-corrected chi connectivity index (χ2v) is 5.09. The van der Waals surface area contributed by atoms with Crippen molar-refractivity contribution in [2.75, 3.05) is 0 Å². The Balaban J connectivity index is 1.81. The van der Waals surface area contributed by atoms with E-state index in [1.165, 1.54) is 25.7 Å². The first-order chi connectivity index (χ1) is 6.65. The number of thiocarbonyl (C=S) groups is 2. The highest BCUT2D eigenvalue weighted by Gasteiger charge is 2.39. The molecule has 2 rings (SSSR count). The third kappa shape index (κ3) is 2.15. The number of hydrogen-bond acceptors (Lipinski definition) is 2. The van der Waals surface area contributed by atoms with E-state index in [1.54, 1.807) is 0 Å². The molecule has 3 nitrogen and oxygen atoms in total. The van der Waals surface area contributed by atoms with Crippen LogP contribution in [0.4, 0.5) is 0 Å². The van der Waals surface area contributed by atoms with Gasteiger partial charge in [-0.3, -0.25) is 0 Å². The second kappa shape index (κ2) is 3.98. The normalized spacial score (nSPS) is 34.1. The van der Waals surface area contributed by atoms with Gasteiger partial charge in [0.1, 0.15) is 0 Å². The fraction of sp³-hybridized carbons (Fsp3) is 0.778. The van der Waals surface area contributed by atoms with E-state index in [0.717, 1.165) is 11.8 Å². The molecule has 4 N–H and O–H groups in total. The zero-order chi connectivity index (χ0) is 10.1. The van der Waals surface area contributed by atoms with Crippen LogP contribution in [0.3, 0.4) is 0 Å². The predicted molar refractivity (Wildman–Crippen MR) is 64.9 cm³/mol. The molecule has 2 saturated carbocycles. The molecule has 0 aliphatic heterocycles. The van der Waals surface area contributed by atoms with Crippen LogP contribution in [-0.4, -0.2) is 16.3 Å². The summed E-state index contributed by atoms with van der Waals surface area (Å²) < 4.78 is 0. The standard InChI is InChI=1S/C9H15N3S2/c10-8(13)12-9(14)11-7-4-5-1-2-6(7)3-5/h5-7H,1-4H2,(H4,10,11,12,13,14). The minimum absolute atomic E-state index is 0.241. The van der Waals surface area contributed by atoms with E-state index in [4.69, 9.17) is 30.2 Å². The third-order valence-corrected chi connectivity index (χ3v) is 3.61. The molecule has 78 valence electrons. The van der Waals surface area contributed by atoms with Crippen LogP contribution in [0.25, 0.3) is 0 Å². The van der Waals surface area contributed by atoms with Crippen molar-refractivity contribution in [2.45, 2.75) is 31.7 Å². The van der Waals surface area contributed by atoms with Crippen molar-refractivity contribution in [2.24, 2.45) is 17.6 Å². The second-order valence-electron chi connectivity index (χ2n) is 4.24. The van der Waals surface area contributed by atoms with E-state index in [9.17, 15) is 0 Å². The molecule has 2 bridgehead atoms. The van der Waals surface area contributed by atoms with Crippen LogP contribution < -0.4 is 16.4 Å². The molecule has 0 spiro atoms. The van der Waals surface area contributed by atoms with Gasteiger partial charge in [0.15, 0.2) is 10.2 Å². The fourth-order valence-corrected chi connectivity index (χ4v) is 3.17. The average molecular weight is 229 g/mol. The predicted octanol–water partition coefficient (Wildman–Crippen LogP) is 0.883. The van der Waals surface area contributed by atoms with Gasteiger partial charge in [-0.1, -0.05) is 6.42 Å². The number of hydrogen-bond donors (Lipinski definition) is 3. The van der Waals surface area contributed by atoms with Crippen LogP contribution in [-0.2, 0) is 0 Å². The Labute approximate surface area is 94.8 Å². The maximum absolute atomic E-state index is 5.34. The summed E-state index contributed by atoms with van der Waals surface area (Å²) in [5.74, 6) is 1.73. The van der Waals surface area contributed by atoms with Gasteiger partial charge in [-0.15, -0.1) is 0 Å². The van der Waals surface area contributed by atoms with E-state index >= 15 is 0 Å². The summed E-state index contributed by atoms with van der Waals surface area (Å²) in [5.41, 5.74) is 5.34. The Hall–Kier alpha value is -0.420. The van der Waals surface area contributed by atoms with Crippen molar-refractivity contribution in [1.82, 2.24) is 10.6 Å². The van der Waals surface area contributed by atoms with Crippen LogP contribution in [0.15, 0.2) is 0 Å². The van der Waals surface area contributed by atoms with E-state index in [2.05, 4.69) is 10.6 Å². The summed E-state index contributed by atoms with van der Waals surface area (Å²) >= 11 is 9.81. The molecule has 2 fully saturated rings. The molecule has 0 saturated heterocycles. The van der Waals surface area contributed by atoms with E-state index in [1.807, 2.05) is 0 Å². The Bertz CT molecular complexity index is 267. The Morgan fingerprint density at radius 3 is 2.50 bits per heavy atom. The van der Waals surface area contributed by atoms with E-state index in [0.29, 0.717) is 11.2 Å². The van der Waals surface area contributed by atoms with Crippen LogP contribution in [0.2, 0.25) is 0 Å². The van der Waals surface area contributed by atoms with Gasteiger partial charge >= 0.3 is 0 Å². The lowest BCUT2D eigenvalue weighted by atomic mass is 9.96. The zero-order valence-corrected chi connectivity index (χ0v) is 9.59. The largest absolute Gasteiger partial charge is 0.376 e. The molecule has 3 unspecified atom stereocenters. The molecule has 3 atom stereocenters. The molecule has 5 heteroatoms. The van der Waals surface area contributed by atoms with Gasteiger partial charge in [-0.2, -0.15) is 0 Å². The van der Waals surface area contributed by atoms with E-state index < -0.39 is 0 Å². The lowest BCUT2D eigenvalue weighted by Gasteiger charge is -2.24. The third-order valence-electron chi connectivity index (χ3n) is 3.29. The van der Waals surface area contributed by atoms with Crippen molar-refractivity contribution < 1.29 is 0 Å². The summed E-state index contributed by atoms with van der Waals surface area (Å²) in [5, 5.41) is 6.87. The van der Waals surface area contributed by atoms with Gasteiger partial charge < -0.3 is 16.4 Å². The number of nitrogens with one attached hydrogen (secondary N) is 2. The van der Waals surface area contributed by atoms with Crippen molar-refractivity contribution in [3.8, 4) is 0 Å². The maximum Gasteiger partial charge on any atom is 0.172 e. The molecular weight excluding hydrogens is 214 g/mol. The highest BCUT2D eigenvalue weighted by Crippen LogP contribution is 2.44. The number of fused-ring (bicyclic) bond motifs is 2. The van der Waals surface area contributed by atoms with Gasteiger partial charge in [-0.05, 0) is 55.5 Å². The molecule has 2 aliphatic rings. The summed E-state index contributed by atoms with van der Waals surface area (Å²) in [6, 6.07) is 0.545. The Morgan fingerprint density at radius 1 is 1.21 bits per heavy atom. The topological polar surface area (TPSA) is 50.1 Å². The molecule has 2 aliphatic carbocycles. The van der Waals surface area contributed by atoms with E-state index in [-0.39, 0.29) is 5.11 Å². The van der Waals surface area contributed by atoms with Crippen LogP contribution in [0.1, 0.15) is 25.7 Å².